The van der Waals surface area contributed by atoms with E-state index in [1.165, 1.54) is 11.3 Å². The number of thiophene rings is 1. The third-order valence-corrected chi connectivity index (χ3v) is 3.73. The lowest BCUT2D eigenvalue weighted by Gasteiger charge is -2.14. The molecule has 0 aromatic carbocycles. The first-order chi connectivity index (χ1) is 6.59. The molecule has 1 saturated heterocycles. The fraction of sp³-hybridized carbons (Fsp3) is 0.444. The molecule has 2 rings (SSSR count). The lowest BCUT2D eigenvalue weighted by molar-refractivity contribution is 0.133. The molecule has 1 amide bonds. The number of hydrogen-bond acceptors (Lipinski definition) is 3. The first-order valence-corrected chi connectivity index (χ1v) is 5.47. The molecule has 1 aliphatic rings. The van der Waals surface area contributed by atoms with Crippen molar-refractivity contribution < 1.29 is 9.53 Å². The van der Waals surface area contributed by atoms with Gasteiger partial charge in [0.05, 0.1) is 10.4 Å². The number of amides is 1. The summed E-state index contributed by atoms with van der Waals surface area (Å²) in [7, 11) is 1.74. The molecule has 2 atom stereocenters. The zero-order chi connectivity index (χ0) is 10.3. The Kier molecular flexibility index (Phi) is 2.41. The molecule has 1 fully saturated rings. The third kappa shape index (κ3) is 1.48. The summed E-state index contributed by atoms with van der Waals surface area (Å²) in [6.07, 6.45) is -0.447. The molecule has 5 heteroatoms. The molecule has 2 heterocycles. The molecular formula is C9H10ClNO2S. The van der Waals surface area contributed by atoms with Crippen molar-refractivity contribution in [3.05, 3.63) is 21.3 Å². The molecular weight excluding hydrogens is 222 g/mol. The first kappa shape index (κ1) is 9.80. The van der Waals surface area contributed by atoms with Crippen LogP contribution in [0.2, 0.25) is 4.34 Å². The van der Waals surface area contributed by atoms with Crippen LogP contribution in [0.4, 0.5) is 4.79 Å². The second-order valence-corrected chi connectivity index (χ2v) is 5.04. The number of carbonyl (C=O) groups excluding carboxylic acids is 1. The van der Waals surface area contributed by atoms with Crippen molar-refractivity contribution >= 4 is 29.0 Å². The minimum atomic E-state index is -0.271. The van der Waals surface area contributed by atoms with Crippen molar-refractivity contribution in [3.8, 4) is 0 Å². The van der Waals surface area contributed by atoms with Crippen LogP contribution in [0.3, 0.4) is 0 Å². The van der Waals surface area contributed by atoms with E-state index in [1.807, 2.05) is 19.1 Å². The van der Waals surface area contributed by atoms with Gasteiger partial charge < -0.3 is 9.64 Å². The molecule has 0 radical (unpaired) electrons. The van der Waals surface area contributed by atoms with E-state index in [1.54, 1.807) is 11.9 Å². The van der Waals surface area contributed by atoms with Crippen molar-refractivity contribution in [2.45, 2.75) is 19.1 Å². The number of hydrogen-bond donors (Lipinski definition) is 0. The quantitative estimate of drug-likeness (QED) is 0.744. The molecule has 0 aliphatic carbocycles. The van der Waals surface area contributed by atoms with Gasteiger partial charge in [-0.25, -0.2) is 4.79 Å². The number of carbonyl (C=O) groups is 1. The molecule has 0 spiro atoms. The van der Waals surface area contributed by atoms with Gasteiger partial charge in [0.25, 0.3) is 0 Å². The lowest BCUT2D eigenvalue weighted by atomic mass is 10.1. The SMILES string of the molecule is C[C@H]1[C@@H](c2ccc(Cl)s2)OC(=O)N1C. The highest BCUT2D eigenvalue weighted by atomic mass is 35.5. The second kappa shape index (κ2) is 3.44. The minimum absolute atomic E-state index is 0.0669. The van der Waals surface area contributed by atoms with Crippen LogP contribution in [-0.4, -0.2) is 24.1 Å². The van der Waals surface area contributed by atoms with E-state index < -0.39 is 0 Å². The number of cyclic esters (lactones) is 1. The first-order valence-electron chi connectivity index (χ1n) is 4.28. The van der Waals surface area contributed by atoms with E-state index in [0.717, 1.165) is 9.21 Å². The zero-order valence-electron chi connectivity index (χ0n) is 7.86. The Morgan fingerprint density at radius 1 is 1.57 bits per heavy atom. The molecule has 0 saturated carbocycles. The lowest BCUT2D eigenvalue weighted by Crippen LogP contribution is -2.27. The smallest absolute Gasteiger partial charge is 0.410 e. The van der Waals surface area contributed by atoms with E-state index in [2.05, 4.69) is 0 Å². The number of nitrogens with zero attached hydrogens (tertiary/aromatic N) is 1. The summed E-state index contributed by atoms with van der Waals surface area (Å²) in [5.41, 5.74) is 0. The Bertz CT molecular complexity index is 365. The van der Waals surface area contributed by atoms with Crippen LogP contribution in [0.25, 0.3) is 0 Å². The highest BCUT2D eigenvalue weighted by Crippen LogP contribution is 2.36. The monoisotopic (exact) mass is 231 g/mol. The number of ether oxygens (including phenoxy) is 1. The normalized spacial score (nSPS) is 26.8. The van der Waals surface area contributed by atoms with Gasteiger partial charge in [-0.1, -0.05) is 11.6 Å². The zero-order valence-corrected chi connectivity index (χ0v) is 9.43. The van der Waals surface area contributed by atoms with Gasteiger partial charge in [0.2, 0.25) is 0 Å². The summed E-state index contributed by atoms with van der Waals surface area (Å²) >= 11 is 7.28. The summed E-state index contributed by atoms with van der Waals surface area (Å²) in [6.45, 7) is 1.96. The van der Waals surface area contributed by atoms with Gasteiger partial charge in [-0.15, -0.1) is 11.3 Å². The molecule has 0 bridgehead atoms. The van der Waals surface area contributed by atoms with E-state index in [-0.39, 0.29) is 18.2 Å². The van der Waals surface area contributed by atoms with E-state index >= 15 is 0 Å². The van der Waals surface area contributed by atoms with Crippen LogP contribution >= 0.6 is 22.9 Å². The molecule has 3 nitrogen and oxygen atoms in total. The summed E-state index contributed by atoms with van der Waals surface area (Å²) in [6, 6.07) is 3.79. The van der Waals surface area contributed by atoms with Crippen LogP contribution in [0.15, 0.2) is 12.1 Å². The average molecular weight is 232 g/mol. The fourth-order valence-corrected chi connectivity index (χ4v) is 2.63. The molecule has 1 aliphatic heterocycles. The van der Waals surface area contributed by atoms with Crippen molar-refractivity contribution in [2.24, 2.45) is 0 Å². The summed E-state index contributed by atoms with van der Waals surface area (Å²) in [4.78, 5) is 13.8. The third-order valence-electron chi connectivity index (χ3n) is 2.44. The fourth-order valence-electron chi connectivity index (χ4n) is 1.44. The second-order valence-electron chi connectivity index (χ2n) is 3.30. The van der Waals surface area contributed by atoms with Crippen molar-refractivity contribution in [1.29, 1.82) is 0 Å². The van der Waals surface area contributed by atoms with E-state index in [9.17, 15) is 4.79 Å². The summed E-state index contributed by atoms with van der Waals surface area (Å²) < 4.78 is 5.94. The van der Waals surface area contributed by atoms with Crippen molar-refractivity contribution in [2.75, 3.05) is 7.05 Å². The predicted molar refractivity (Wildman–Crippen MR) is 55.8 cm³/mol. The van der Waals surface area contributed by atoms with Crippen molar-refractivity contribution in [3.63, 3.8) is 0 Å². The standard InChI is InChI=1S/C9H10ClNO2S/c1-5-8(13-9(12)11(5)2)6-3-4-7(10)14-6/h3-5,8H,1-2H3/t5-,8-/m0/s1. The Labute approximate surface area is 91.2 Å². The topological polar surface area (TPSA) is 29.5 Å². The molecule has 76 valence electrons. The van der Waals surface area contributed by atoms with Crippen LogP contribution in [0, 0.1) is 0 Å². The average Bonchev–Trinajstić information content (AvgIpc) is 2.66. The number of rotatable bonds is 1. The van der Waals surface area contributed by atoms with Gasteiger partial charge in [0, 0.05) is 11.9 Å². The largest absolute Gasteiger partial charge is 0.438 e. The van der Waals surface area contributed by atoms with Crippen LogP contribution in [-0.2, 0) is 4.74 Å². The Morgan fingerprint density at radius 2 is 2.29 bits per heavy atom. The van der Waals surface area contributed by atoms with Gasteiger partial charge in [-0.2, -0.15) is 0 Å². The molecule has 1 aromatic heterocycles. The maximum atomic E-state index is 11.3. The van der Waals surface area contributed by atoms with Crippen LogP contribution in [0.1, 0.15) is 17.9 Å². The molecule has 0 unspecified atom stereocenters. The minimum Gasteiger partial charge on any atom is -0.438 e. The van der Waals surface area contributed by atoms with Gasteiger partial charge in [-0.3, -0.25) is 0 Å². The number of halogens is 1. The van der Waals surface area contributed by atoms with E-state index in [4.69, 9.17) is 16.3 Å². The Balaban J connectivity index is 2.25. The molecule has 1 aromatic rings. The van der Waals surface area contributed by atoms with Crippen LogP contribution < -0.4 is 0 Å². The predicted octanol–water partition coefficient (Wildman–Crippen LogP) is 2.91. The van der Waals surface area contributed by atoms with E-state index in [0.29, 0.717) is 0 Å². The highest BCUT2D eigenvalue weighted by Gasteiger charge is 2.37. The van der Waals surface area contributed by atoms with Gasteiger partial charge in [0.1, 0.15) is 0 Å². The summed E-state index contributed by atoms with van der Waals surface area (Å²) in [5, 5.41) is 0. The van der Waals surface area contributed by atoms with Gasteiger partial charge in [-0.05, 0) is 19.1 Å². The van der Waals surface area contributed by atoms with Crippen LogP contribution in [0.5, 0.6) is 0 Å². The van der Waals surface area contributed by atoms with Gasteiger partial charge >= 0.3 is 6.09 Å². The number of likely N-dealkylation sites (N-methyl/N-ethyl adjacent to an activating group) is 1. The Hall–Kier alpha value is -0.740. The Morgan fingerprint density at radius 3 is 2.71 bits per heavy atom. The van der Waals surface area contributed by atoms with Gasteiger partial charge in [0.15, 0.2) is 6.10 Å². The molecule has 14 heavy (non-hydrogen) atoms. The highest BCUT2D eigenvalue weighted by molar-refractivity contribution is 7.16. The summed E-state index contributed by atoms with van der Waals surface area (Å²) in [5.74, 6) is 0. The maximum Gasteiger partial charge on any atom is 0.410 e. The maximum absolute atomic E-state index is 11.3. The van der Waals surface area contributed by atoms with Crippen molar-refractivity contribution in [1.82, 2.24) is 4.90 Å². The molecule has 0 N–H and O–H groups in total.